The van der Waals surface area contributed by atoms with Crippen molar-refractivity contribution in [1.82, 2.24) is 5.32 Å². The van der Waals surface area contributed by atoms with Crippen LogP contribution in [0.2, 0.25) is 5.02 Å². The molecule has 1 fully saturated rings. The average molecular weight is 387 g/mol. The van der Waals surface area contributed by atoms with E-state index in [0.29, 0.717) is 28.6 Å². The number of rotatable bonds is 5. The molecule has 0 spiro atoms. The number of carbonyl (C=O) groups excluding carboxylic acids is 1. The van der Waals surface area contributed by atoms with Crippen LogP contribution in [0.4, 0.5) is 5.69 Å². The zero-order valence-corrected chi connectivity index (χ0v) is 15.9. The van der Waals surface area contributed by atoms with E-state index in [1.54, 1.807) is 12.1 Å². The summed E-state index contributed by atoms with van der Waals surface area (Å²) in [5.41, 5.74) is 2.97. The highest BCUT2D eigenvalue weighted by atomic mass is 35.5. The van der Waals surface area contributed by atoms with Crippen LogP contribution in [0.3, 0.4) is 0 Å². The molecule has 0 aromatic heterocycles. The van der Waals surface area contributed by atoms with E-state index in [2.05, 4.69) is 34.5 Å². The maximum atomic E-state index is 12.4. The number of nitrogens with zero attached hydrogens (tertiary/aromatic N) is 1. The lowest BCUT2D eigenvalue weighted by Crippen LogP contribution is -2.29. The van der Waals surface area contributed by atoms with Crippen LogP contribution >= 0.6 is 11.6 Å². The lowest BCUT2D eigenvalue weighted by Gasteiger charge is -2.28. The maximum absolute atomic E-state index is 12.4. The minimum absolute atomic E-state index is 0.132. The largest absolute Gasteiger partial charge is 0.454 e. The van der Waals surface area contributed by atoms with Crippen molar-refractivity contribution in [2.75, 3.05) is 31.3 Å². The zero-order chi connectivity index (χ0) is 18.6. The molecule has 1 N–H and O–H groups in total. The molecule has 2 aromatic carbocycles. The monoisotopic (exact) mass is 386 g/mol. The van der Waals surface area contributed by atoms with Gasteiger partial charge in [0.15, 0.2) is 11.5 Å². The van der Waals surface area contributed by atoms with Crippen LogP contribution in [-0.2, 0) is 6.42 Å². The van der Waals surface area contributed by atoms with Crippen molar-refractivity contribution in [2.45, 2.75) is 25.7 Å². The Hall–Kier alpha value is -2.40. The highest BCUT2D eigenvalue weighted by Gasteiger charge is 2.20. The first-order chi connectivity index (χ1) is 13.2. The molecule has 5 nitrogen and oxygen atoms in total. The molecule has 1 saturated heterocycles. The fourth-order valence-electron chi connectivity index (χ4n) is 3.55. The number of amides is 1. The predicted octanol–water partition coefficient (Wildman–Crippen LogP) is 4.03. The Bertz CT molecular complexity index is 817. The van der Waals surface area contributed by atoms with Gasteiger partial charge in [-0.2, -0.15) is 0 Å². The fourth-order valence-corrected chi connectivity index (χ4v) is 3.81. The number of ether oxygens (including phenoxy) is 2. The van der Waals surface area contributed by atoms with Gasteiger partial charge in [-0.05, 0) is 55.5 Å². The van der Waals surface area contributed by atoms with Gasteiger partial charge in [0.25, 0.3) is 5.91 Å². The number of hydrogen-bond acceptors (Lipinski definition) is 4. The quantitative estimate of drug-likeness (QED) is 0.842. The molecule has 0 saturated carbocycles. The van der Waals surface area contributed by atoms with Crippen molar-refractivity contribution in [3.8, 4) is 11.5 Å². The van der Waals surface area contributed by atoms with Crippen molar-refractivity contribution < 1.29 is 14.3 Å². The van der Waals surface area contributed by atoms with Gasteiger partial charge in [-0.1, -0.05) is 23.7 Å². The molecule has 142 valence electrons. The van der Waals surface area contributed by atoms with E-state index >= 15 is 0 Å². The molecule has 2 aliphatic rings. The highest BCUT2D eigenvalue weighted by Crippen LogP contribution is 2.39. The Balaban J connectivity index is 1.30. The number of hydrogen-bond donors (Lipinski definition) is 1. The van der Waals surface area contributed by atoms with Crippen molar-refractivity contribution >= 4 is 23.2 Å². The second-order valence-corrected chi connectivity index (χ2v) is 7.32. The van der Waals surface area contributed by atoms with Gasteiger partial charge in [-0.15, -0.1) is 0 Å². The molecule has 0 atom stereocenters. The van der Waals surface area contributed by atoms with Gasteiger partial charge in [-0.25, -0.2) is 0 Å². The molecule has 0 bridgehead atoms. The number of fused-ring (bicyclic) bond motifs is 1. The van der Waals surface area contributed by atoms with Crippen LogP contribution in [0.15, 0.2) is 36.4 Å². The molecule has 2 heterocycles. The highest BCUT2D eigenvalue weighted by molar-refractivity contribution is 6.32. The number of benzene rings is 2. The molecule has 4 rings (SSSR count). The van der Waals surface area contributed by atoms with E-state index < -0.39 is 0 Å². The second kappa shape index (κ2) is 8.09. The number of halogens is 1. The van der Waals surface area contributed by atoms with E-state index in [-0.39, 0.29) is 12.7 Å². The van der Waals surface area contributed by atoms with Crippen molar-refractivity contribution in [3.05, 3.63) is 52.5 Å². The summed E-state index contributed by atoms with van der Waals surface area (Å²) in [5.74, 6) is 0.850. The van der Waals surface area contributed by atoms with E-state index in [9.17, 15) is 4.79 Å². The molecule has 0 aliphatic carbocycles. The van der Waals surface area contributed by atoms with Crippen LogP contribution in [0.1, 0.15) is 35.2 Å². The Labute approximate surface area is 164 Å². The molecular weight excluding hydrogens is 364 g/mol. The van der Waals surface area contributed by atoms with Gasteiger partial charge < -0.3 is 19.7 Å². The summed E-state index contributed by atoms with van der Waals surface area (Å²) in [6.07, 6.45) is 4.67. The summed E-state index contributed by atoms with van der Waals surface area (Å²) in [6.45, 7) is 2.99. The van der Waals surface area contributed by atoms with Crippen molar-refractivity contribution in [1.29, 1.82) is 0 Å². The summed E-state index contributed by atoms with van der Waals surface area (Å²) in [4.78, 5) is 14.8. The van der Waals surface area contributed by atoms with Gasteiger partial charge >= 0.3 is 0 Å². The maximum Gasteiger partial charge on any atom is 0.251 e. The van der Waals surface area contributed by atoms with E-state index in [1.165, 1.54) is 30.5 Å². The van der Waals surface area contributed by atoms with E-state index in [4.69, 9.17) is 21.1 Å². The van der Waals surface area contributed by atoms with E-state index in [1.807, 2.05) is 0 Å². The molecule has 6 heteroatoms. The third kappa shape index (κ3) is 4.14. The molecule has 27 heavy (non-hydrogen) atoms. The minimum atomic E-state index is -0.167. The summed E-state index contributed by atoms with van der Waals surface area (Å²) in [7, 11) is 0. The standard InChI is InChI=1S/C21H23ClN2O3/c22-18-12-16(13-19-20(18)27-14-26-19)21(25)23-9-8-15-4-6-17(7-5-15)24-10-2-1-3-11-24/h4-7,12-13H,1-3,8-11,14H2,(H,23,25). The molecule has 1 amide bonds. The smallest absolute Gasteiger partial charge is 0.251 e. The molecular formula is C21H23ClN2O3. The SMILES string of the molecule is O=C(NCCc1ccc(N2CCCCC2)cc1)c1cc(Cl)c2c(c1)OCO2. The van der Waals surface area contributed by atoms with Gasteiger partial charge in [0.2, 0.25) is 6.79 Å². The minimum Gasteiger partial charge on any atom is -0.454 e. The average Bonchev–Trinajstić information content (AvgIpc) is 3.18. The summed E-state index contributed by atoms with van der Waals surface area (Å²) >= 11 is 6.14. The normalized spacial score (nSPS) is 15.7. The van der Waals surface area contributed by atoms with Crippen molar-refractivity contribution in [3.63, 3.8) is 0 Å². The molecule has 2 aliphatic heterocycles. The molecule has 2 aromatic rings. The zero-order valence-electron chi connectivity index (χ0n) is 15.2. The lowest BCUT2D eigenvalue weighted by atomic mass is 10.1. The van der Waals surface area contributed by atoms with Gasteiger partial charge in [0.05, 0.1) is 5.02 Å². The van der Waals surface area contributed by atoms with Gasteiger partial charge in [0, 0.05) is 30.9 Å². The van der Waals surface area contributed by atoms with Gasteiger partial charge in [-0.3, -0.25) is 4.79 Å². The second-order valence-electron chi connectivity index (χ2n) is 6.91. The fraction of sp³-hybridized carbons (Fsp3) is 0.381. The first kappa shape index (κ1) is 18.0. The van der Waals surface area contributed by atoms with Gasteiger partial charge in [0.1, 0.15) is 0 Å². The van der Waals surface area contributed by atoms with Crippen LogP contribution in [-0.4, -0.2) is 32.3 Å². The Morgan fingerprint density at radius 2 is 1.85 bits per heavy atom. The number of carbonyl (C=O) groups is 1. The number of nitrogens with one attached hydrogen (secondary N) is 1. The van der Waals surface area contributed by atoms with Crippen LogP contribution < -0.4 is 19.7 Å². The molecule has 0 unspecified atom stereocenters. The summed E-state index contributed by atoms with van der Waals surface area (Å²) < 4.78 is 10.6. The predicted molar refractivity (Wildman–Crippen MR) is 106 cm³/mol. The van der Waals surface area contributed by atoms with E-state index in [0.717, 1.165) is 19.5 Å². The summed E-state index contributed by atoms with van der Waals surface area (Å²) in [6, 6.07) is 11.9. The number of anilines is 1. The Morgan fingerprint density at radius 1 is 1.07 bits per heavy atom. The third-order valence-electron chi connectivity index (χ3n) is 5.05. The Morgan fingerprint density at radius 3 is 2.63 bits per heavy atom. The molecule has 0 radical (unpaired) electrons. The topological polar surface area (TPSA) is 50.8 Å². The van der Waals surface area contributed by atoms with Crippen LogP contribution in [0.25, 0.3) is 0 Å². The number of piperidine rings is 1. The summed E-state index contributed by atoms with van der Waals surface area (Å²) in [5, 5.41) is 3.33. The lowest BCUT2D eigenvalue weighted by molar-refractivity contribution is 0.0953. The Kier molecular flexibility index (Phi) is 5.39. The first-order valence-electron chi connectivity index (χ1n) is 9.42. The third-order valence-corrected chi connectivity index (χ3v) is 5.33. The van der Waals surface area contributed by atoms with Crippen molar-refractivity contribution in [2.24, 2.45) is 0 Å². The van der Waals surface area contributed by atoms with Crippen LogP contribution in [0.5, 0.6) is 11.5 Å². The first-order valence-corrected chi connectivity index (χ1v) is 9.80. The van der Waals surface area contributed by atoms with Crippen LogP contribution in [0, 0.1) is 0 Å².